The molecule has 1 aliphatic rings. The lowest BCUT2D eigenvalue weighted by Gasteiger charge is -2.33. The summed E-state index contributed by atoms with van der Waals surface area (Å²) in [6, 6.07) is 4.93. The van der Waals surface area contributed by atoms with E-state index in [-0.39, 0.29) is 11.9 Å². The second kappa shape index (κ2) is 4.62. The van der Waals surface area contributed by atoms with E-state index < -0.39 is 6.10 Å². The Bertz CT molecular complexity index is 399. The normalized spacial score (nSPS) is 24.1. The molecule has 0 saturated heterocycles. The van der Waals surface area contributed by atoms with Crippen molar-refractivity contribution < 1.29 is 14.3 Å². The van der Waals surface area contributed by atoms with Gasteiger partial charge in [-0.2, -0.15) is 0 Å². The summed E-state index contributed by atoms with van der Waals surface area (Å²) >= 11 is 11.7. The van der Waals surface area contributed by atoms with Gasteiger partial charge in [0.15, 0.2) is 11.9 Å². The zero-order valence-electron chi connectivity index (χ0n) is 8.57. The van der Waals surface area contributed by atoms with Crippen LogP contribution in [0, 0.1) is 0 Å². The minimum Gasteiger partial charge on any atom is -0.487 e. The smallest absolute Gasteiger partial charge is 0.169 e. The SMILES string of the molecule is COC1C(=O)CC1Oc1cc(Cl)cc(Cl)c1. The molecule has 0 amide bonds. The molecule has 0 N–H and O–H groups in total. The van der Waals surface area contributed by atoms with Crippen LogP contribution in [0.1, 0.15) is 6.42 Å². The molecule has 5 heteroatoms. The molecule has 0 heterocycles. The second-order valence-corrected chi connectivity index (χ2v) is 4.46. The van der Waals surface area contributed by atoms with Crippen LogP contribution in [0.2, 0.25) is 10.0 Å². The van der Waals surface area contributed by atoms with E-state index in [0.717, 1.165) is 0 Å². The number of hydrogen-bond acceptors (Lipinski definition) is 3. The number of rotatable bonds is 3. The highest BCUT2D eigenvalue weighted by Crippen LogP contribution is 2.29. The van der Waals surface area contributed by atoms with Gasteiger partial charge in [0.1, 0.15) is 11.9 Å². The van der Waals surface area contributed by atoms with Gasteiger partial charge in [-0.15, -0.1) is 0 Å². The van der Waals surface area contributed by atoms with E-state index in [1.54, 1.807) is 18.2 Å². The van der Waals surface area contributed by atoms with Crippen LogP contribution in [0.5, 0.6) is 5.75 Å². The van der Waals surface area contributed by atoms with Crippen LogP contribution in [-0.4, -0.2) is 25.1 Å². The zero-order valence-corrected chi connectivity index (χ0v) is 10.1. The van der Waals surface area contributed by atoms with Crippen molar-refractivity contribution in [3.8, 4) is 5.75 Å². The Morgan fingerprint density at radius 2 is 1.88 bits per heavy atom. The van der Waals surface area contributed by atoms with Gasteiger partial charge < -0.3 is 9.47 Å². The largest absolute Gasteiger partial charge is 0.487 e. The molecular weight excluding hydrogens is 251 g/mol. The van der Waals surface area contributed by atoms with E-state index in [2.05, 4.69) is 0 Å². The molecule has 2 atom stereocenters. The molecule has 1 aromatic carbocycles. The first-order valence-electron chi connectivity index (χ1n) is 4.78. The molecule has 16 heavy (non-hydrogen) atoms. The third-order valence-corrected chi connectivity index (χ3v) is 2.87. The van der Waals surface area contributed by atoms with Crippen LogP contribution in [0.4, 0.5) is 0 Å². The molecule has 2 rings (SSSR count). The Morgan fingerprint density at radius 3 is 2.38 bits per heavy atom. The number of benzene rings is 1. The lowest BCUT2D eigenvalue weighted by molar-refractivity contribution is -0.150. The summed E-state index contributed by atoms with van der Waals surface area (Å²) in [7, 11) is 1.49. The third kappa shape index (κ3) is 2.32. The number of Topliss-reactive ketones (excluding diaryl/α,β-unsaturated/α-hetero) is 1. The fourth-order valence-electron chi connectivity index (χ4n) is 1.63. The van der Waals surface area contributed by atoms with E-state index in [9.17, 15) is 4.79 Å². The standard InChI is InChI=1S/C11H10Cl2O3/c1-15-11-9(14)5-10(11)16-8-3-6(12)2-7(13)4-8/h2-4,10-11H,5H2,1H3. The van der Waals surface area contributed by atoms with E-state index in [0.29, 0.717) is 22.2 Å². The van der Waals surface area contributed by atoms with Gasteiger partial charge in [0.2, 0.25) is 0 Å². The van der Waals surface area contributed by atoms with E-state index >= 15 is 0 Å². The summed E-state index contributed by atoms with van der Waals surface area (Å²) in [4.78, 5) is 11.1. The first kappa shape index (κ1) is 11.7. The molecule has 0 spiro atoms. The number of carbonyl (C=O) groups excluding carboxylic acids is 1. The van der Waals surface area contributed by atoms with Crippen molar-refractivity contribution in [3.63, 3.8) is 0 Å². The number of ketones is 1. The molecule has 3 nitrogen and oxygen atoms in total. The lowest BCUT2D eigenvalue weighted by atomic mass is 9.90. The summed E-state index contributed by atoms with van der Waals surface area (Å²) in [6.07, 6.45) is -0.354. The van der Waals surface area contributed by atoms with Gasteiger partial charge in [-0.25, -0.2) is 0 Å². The summed E-state index contributed by atoms with van der Waals surface area (Å²) in [6.45, 7) is 0. The first-order valence-corrected chi connectivity index (χ1v) is 5.54. The van der Waals surface area contributed by atoms with Crippen LogP contribution in [-0.2, 0) is 9.53 Å². The van der Waals surface area contributed by atoms with Crippen molar-refractivity contribution in [1.29, 1.82) is 0 Å². The molecule has 0 radical (unpaired) electrons. The van der Waals surface area contributed by atoms with Crippen LogP contribution in [0.15, 0.2) is 18.2 Å². The van der Waals surface area contributed by atoms with Gasteiger partial charge in [-0.1, -0.05) is 23.2 Å². The van der Waals surface area contributed by atoms with Crippen LogP contribution in [0.3, 0.4) is 0 Å². The third-order valence-electron chi connectivity index (χ3n) is 2.43. The van der Waals surface area contributed by atoms with Crippen molar-refractivity contribution in [3.05, 3.63) is 28.2 Å². The topological polar surface area (TPSA) is 35.5 Å². The Labute approximate surface area is 103 Å². The van der Waals surface area contributed by atoms with E-state index in [1.807, 2.05) is 0 Å². The fraction of sp³-hybridized carbons (Fsp3) is 0.364. The zero-order chi connectivity index (χ0) is 11.7. The van der Waals surface area contributed by atoms with Crippen molar-refractivity contribution in [2.75, 3.05) is 7.11 Å². The highest BCUT2D eigenvalue weighted by molar-refractivity contribution is 6.34. The van der Waals surface area contributed by atoms with Crippen LogP contribution < -0.4 is 4.74 Å². The predicted molar refractivity (Wildman–Crippen MR) is 61.3 cm³/mol. The summed E-state index contributed by atoms with van der Waals surface area (Å²) < 4.78 is 10.6. The minimum atomic E-state index is -0.474. The summed E-state index contributed by atoms with van der Waals surface area (Å²) in [5.74, 6) is 0.609. The molecule has 0 aliphatic heterocycles. The van der Waals surface area contributed by atoms with E-state index in [1.165, 1.54) is 7.11 Å². The highest BCUT2D eigenvalue weighted by Gasteiger charge is 2.42. The van der Waals surface area contributed by atoms with Crippen molar-refractivity contribution in [2.45, 2.75) is 18.6 Å². The van der Waals surface area contributed by atoms with Gasteiger partial charge in [0, 0.05) is 23.6 Å². The van der Waals surface area contributed by atoms with Crippen molar-refractivity contribution in [1.82, 2.24) is 0 Å². The first-order chi connectivity index (χ1) is 7.60. The number of halogens is 2. The average Bonchev–Trinajstić information content (AvgIpc) is 2.15. The van der Waals surface area contributed by atoms with Gasteiger partial charge in [0.05, 0.1) is 0 Å². The highest BCUT2D eigenvalue weighted by atomic mass is 35.5. The molecule has 1 aliphatic carbocycles. The van der Waals surface area contributed by atoms with Crippen LogP contribution in [0.25, 0.3) is 0 Å². The monoisotopic (exact) mass is 260 g/mol. The lowest BCUT2D eigenvalue weighted by Crippen LogP contribution is -2.51. The van der Waals surface area contributed by atoms with Gasteiger partial charge in [-0.05, 0) is 18.2 Å². The second-order valence-electron chi connectivity index (χ2n) is 3.59. The Balaban J connectivity index is 2.07. The van der Waals surface area contributed by atoms with E-state index in [4.69, 9.17) is 32.7 Å². The maximum absolute atomic E-state index is 11.1. The number of carbonyl (C=O) groups is 1. The van der Waals surface area contributed by atoms with Crippen molar-refractivity contribution >= 4 is 29.0 Å². The summed E-state index contributed by atoms with van der Waals surface area (Å²) in [5, 5.41) is 1.00. The maximum atomic E-state index is 11.1. The van der Waals surface area contributed by atoms with Gasteiger partial charge in [0.25, 0.3) is 0 Å². The predicted octanol–water partition coefficient (Wildman–Crippen LogP) is 2.73. The molecule has 86 valence electrons. The quantitative estimate of drug-likeness (QED) is 0.839. The summed E-state index contributed by atoms with van der Waals surface area (Å²) in [5.41, 5.74) is 0. The van der Waals surface area contributed by atoms with Gasteiger partial charge >= 0.3 is 0 Å². The molecule has 1 fully saturated rings. The fourth-order valence-corrected chi connectivity index (χ4v) is 2.13. The Hall–Kier alpha value is -0.770. The number of hydrogen-bond donors (Lipinski definition) is 0. The molecule has 0 bridgehead atoms. The molecular formula is C11H10Cl2O3. The molecule has 1 saturated carbocycles. The molecule has 2 unspecified atom stereocenters. The maximum Gasteiger partial charge on any atom is 0.169 e. The number of methoxy groups -OCH3 is 1. The Kier molecular flexibility index (Phi) is 3.38. The Morgan fingerprint density at radius 1 is 1.25 bits per heavy atom. The van der Waals surface area contributed by atoms with Gasteiger partial charge in [-0.3, -0.25) is 4.79 Å². The average molecular weight is 261 g/mol. The molecule has 0 aromatic heterocycles. The van der Waals surface area contributed by atoms with Crippen LogP contribution >= 0.6 is 23.2 Å². The number of ether oxygens (including phenoxy) is 2. The van der Waals surface area contributed by atoms with Crippen molar-refractivity contribution in [2.24, 2.45) is 0 Å². The molecule has 1 aromatic rings. The minimum absolute atomic E-state index is 0.0561.